The Bertz CT molecular complexity index is 210. The van der Waals surface area contributed by atoms with Crippen molar-refractivity contribution < 1.29 is 9.59 Å². The summed E-state index contributed by atoms with van der Waals surface area (Å²) in [5.74, 6) is -0.111. The van der Waals surface area contributed by atoms with Gasteiger partial charge in [-0.15, -0.1) is 0 Å². The molecule has 11 heavy (non-hydrogen) atoms. The first-order valence-corrected chi connectivity index (χ1v) is 3.52. The highest BCUT2D eigenvalue weighted by Crippen LogP contribution is 2.03. The zero-order valence-electron chi connectivity index (χ0n) is 6.41. The van der Waals surface area contributed by atoms with Crippen LogP contribution < -0.4 is 0 Å². The summed E-state index contributed by atoms with van der Waals surface area (Å²) in [5.41, 5.74) is 0. The highest BCUT2D eigenvalue weighted by Gasteiger charge is 2.15. The Balaban J connectivity index is 2.55. The van der Waals surface area contributed by atoms with Crippen LogP contribution in [0.5, 0.6) is 0 Å². The molecule has 1 rings (SSSR count). The van der Waals surface area contributed by atoms with Crippen LogP contribution in [0.2, 0.25) is 0 Å². The summed E-state index contributed by atoms with van der Waals surface area (Å²) in [6, 6.07) is 0. The molecule has 4 nitrogen and oxygen atoms in total. The molecule has 0 aromatic carbocycles. The van der Waals surface area contributed by atoms with Gasteiger partial charge in [0.15, 0.2) is 5.78 Å². The van der Waals surface area contributed by atoms with Crippen LogP contribution in [0.3, 0.4) is 0 Å². The average Bonchev–Trinajstić information content (AvgIpc) is 1.93. The molecule has 0 atom stereocenters. The predicted octanol–water partition coefficient (Wildman–Crippen LogP) is 0.184. The molecule has 4 heteroatoms. The molecule has 1 amide bonds. The Hall–Kier alpha value is -1.19. The molecule has 0 aromatic heterocycles. The molecule has 0 saturated heterocycles. The lowest BCUT2D eigenvalue weighted by Crippen LogP contribution is -2.32. The Kier molecular flexibility index (Phi) is 2.36. The third-order valence-electron chi connectivity index (χ3n) is 1.37. The van der Waals surface area contributed by atoms with Crippen molar-refractivity contribution in [2.24, 2.45) is 5.10 Å². The summed E-state index contributed by atoms with van der Waals surface area (Å²) in [6.07, 6.45) is 2.81. The molecule has 1 heterocycles. The number of hydrogen-bond acceptors (Lipinski definition) is 3. The number of ketones is 1. The van der Waals surface area contributed by atoms with Crippen LogP contribution in [0.1, 0.15) is 19.8 Å². The van der Waals surface area contributed by atoms with Gasteiger partial charge in [-0.3, -0.25) is 9.59 Å². The van der Waals surface area contributed by atoms with E-state index in [4.69, 9.17) is 0 Å². The maximum atomic E-state index is 11.0. The van der Waals surface area contributed by atoms with Crippen molar-refractivity contribution in [2.75, 3.05) is 6.54 Å². The predicted molar refractivity (Wildman–Crippen MR) is 40.1 cm³/mol. The number of hydrogen-bond donors (Lipinski definition) is 0. The standard InChI is InChI=1S/C7H10N2O2/c1-6(10)5-9-7(11)3-2-4-8-9/h4H,2-3,5H2,1H3. The highest BCUT2D eigenvalue weighted by molar-refractivity contribution is 5.87. The third kappa shape index (κ3) is 2.14. The van der Waals surface area contributed by atoms with E-state index < -0.39 is 0 Å². The largest absolute Gasteiger partial charge is 0.298 e. The molecule has 1 aliphatic rings. The quantitative estimate of drug-likeness (QED) is 0.569. The SMILES string of the molecule is CC(=O)CN1N=CCCC1=O. The maximum absolute atomic E-state index is 11.0. The number of amides is 1. The van der Waals surface area contributed by atoms with Crippen LogP contribution in [0.4, 0.5) is 0 Å². The molecule has 0 spiro atoms. The summed E-state index contributed by atoms with van der Waals surface area (Å²) in [6.45, 7) is 1.55. The number of nitrogens with zero attached hydrogens (tertiary/aromatic N) is 2. The fourth-order valence-corrected chi connectivity index (χ4v) is 0.878. The summed E-state index contributed by atoms with van der Waals surface area (Å²) in [5, 5.41) is 5.00. The van der Waals surface area contributed by atoms with Crippen molar-refractivity contribution in [1.29, 1.82) is 0 Å². The van der Waals surface area contributed by atoms with Gasteiger partial charge in [-0.05, 0) is 13.3 Å². The van der Waals surface area contributed by atoms with Crippen LogP contribution in [0.25, 0.3) is 0 Å². The van der Waals surface area contributed by atoms with Crippen LogP contribution in [0, 0.1) is 0 Å². The zero-order chi connectivity index (χ0) is 8.27. The van der Waals surface area contributed by atoms with Crippen LogP contribution in [-0.4, -0.2) is 29.5 Å². The Morgan fingerprint density at radius 2 is 2.55 bits per heavy atom. The lowest BCUT2D eigenvalue weighted by molar-refractivity contribution is -0.135. The van der Waals surface area contributed by atoms with Crippen LogP contribution in [0.15, 0.2) is 5.10 Å². The molecule has 60 valence electrons. The van der Waals surface area contributed by atoms with Gasteiger partial charge in [0, 0.05) is 12.6 Å². The van der Waals surface area contributed by atoms with Crippen molar-refractivity contribution in [2.45, 2.75) is 19.8 Å². The topological polar surface area (TPSA) is 49.7 Å². The van der Waals surface area contributed by atoms with E-state index in [0.717, 1.165) is 0 Å². The van der Waals surface area contributed by atoms with Crippen molar-refractivity contribution >= 4 is 17.9 Å². The number of carbonyl (C=O) groups excluding carboxylic acids is 2. The molecule has 0 bridgehead atoms. The van der Waals surface area contributed by atoms with Gasteiger partial charge < -0.3 is 0 Å². The van der Waals surface area contributed by atoms with Crippen molar-refractivity contribution in [3.8, 4) is 0 Å². The molecule has 0 aliphatic carbocycles. The van der Waals surface area contributed by atoms with Gasteiger partial charge in [0.1, 0.15) is 6.54 Å². The average molecular weight is 154 g/mol. The third-order valence-corrected chi connectivity index (χ3v) is 1.37. The van der Waals surface area contributed by atoms with Crippen LogP contribution >= 0.6 is 0 Å². The second kappa shape index (κ2) is 3.27. The first kappa shape index (κ1) is 7.91. The zero-order valence-corrected chi connectivity index (χ0v) is 6.41. The van der Waals surface area contributed by atoms with E-state index in [-0.39, 0.29) is 18.2 Å². The number of Topliss-reactive ketones (excluding diaryl/α,β-unsaturated/α-hetero) is 1. The van der Waals surface area contributed by atoms with Gasteiger partial charge in [-0.25, -0.2) is 5.01 Å². The van der Waals surface area contributed by atoms with E-state index in [0.29, 0.717) is 12.8 Å². The minimum atomic E-state index is -0.0669. The molecule has 0 saturated carbocycles. The molecule has 0 unspecified atom stereocenters. The minimum absolute atomic E-state index is 0.0441. The Labute approximate surface area is 64.9 Å². The monoisotopic (exact) mass is 154 g/mol. The van der Waals surface area contributed by atoms with E-state index in [1.54, 1.807) is 6.21 Å². The second-order valence-electron chi connectivity index (χ2n) is 2.49. The molecule has 0 fully saturated rings. The Morgan fingerprint density at radius 1 is 1.82 bits per heavy atom. The normalized spacial score (nSPS) is 17.2. The van der Waals surface area contributed by atoms with E-state index >= 15 is 0 Å². The highest BCUT2D eigenvalue weighted by atomic mass is 16.2. The van der Waals surface area contributed by atoms with E-state index in [2.05, 4.69) is 5.10 Å². The number of hydrazone groups is 1. The molecular formula is C7H10N2O2. The smallest absolute Gasteiger partial charge is 0.243 e. The molecule has 0 N–H and O–H groups in total. The minimum Gasteiger partial charge on any atom is -0.298 e. The second-order valence-corrected chi connectivity index (χ2v) is 2.49. The summed E-state index contributed by atoms with van der Waals surface area (Å²) >= 11 is 0. The number of carbonyl (C=O) groups is 2. The molecule has 0 radical (unpaired) electrons. The fraction of sp³-hybridized carbons (Fsp3) is 0.571. The van der Waals surface area contributed by atoms with Gasteiger partial charge in [0.2, 0.25) is 5.91 Å². The van der Waals surface area contributed by atoms with E-state index in [9.17, 15) is 9.59 Å². The summed E-state index contributed by atoms with van der Waals surface area (Å²) in [4.78, 5) is 21.6. The van der Waals surface area contributed by atoms with Crippen molar-refractivity contribution in [1.82, 2.24) is 5.01 Å². The maximum Gasteiger partial charge on any atom is 0.243 e. The van der Waals surface area contributed by atoms with Gasteiger partial charge in [-0.1, -0.05) is 0 Å². The van der Waals surface area contributed by atoms with Gasteiger partial charge in [0.25, 0.3) is 0 Å². The lowest BCUT2D eigenvalue weighted by atomic mass is 10.3. The summed E-state index contributed by atoms with van der Waals surface area (Å²) in [7, 11) is 0. The molecule has 1 aliphatic heterocycles. The van der Waals surface area contributed by atoms with Crippen molar-refractivity contribution in [3.63, 3.8) is 0 Å². The van der Waals surface area contributed by atoms with E-state index in [1.807, 2.05) is 0 Å². The molecular weight excluding hydrogens is 144 g/mol. The lowest BCUT2D eigenvalue weighted by Gasteiger charge is -2.17. The fourth-order valence-electron chi connectivity index (χ4n) is 0.878. The van der Waals surface area contributed by atoms with Gasteiger partial charge >= 0.3 is 0 Å². The van der Waals surface area contributed by atoms with Crippen molar-refractivity contribution in [3.05, 3.63) is 0 Å². The van der Waals surface area contributed by atoms with E-state index in [1.165, 1.54) is 11.9 Å². The van der Waals surface area contributed by atoms with Gasteiger partial charge in [-0.2, -0.15) is 5.10 Å². The Morgan fingerprint density at radius 3 is 3.09 bits per heavy atom. The van der Waals surface area contributed by atoms with Gasteiger partial charge in [0.05, 0.1) is 0 Å². The first-order valence-electron chi connectivity index (χ1n) is 3.52. The molecule has 0 aromatic rings. The summed E-state index contributed by atoms with van der Waals surface area (Å²) < 4.78 is 0. The van der Waals surface area contributed by atoms with Crippen LogP contribution in [-0.2, 0) is 9.59 Å². The first-order chi connectivity index (χ1) is 5.20. The number of rotatable bonds is 2.